The van der Waals surface area contributed by atoms with Crippen molar-refractivity contribution in [3.63, 3.8) is 0 Å². The van der Waals surface area contributed by atoms with E-state index >= 15 is 0 Å². The first-order valence-corrected chi connectivity index (χ1v) is 5.87. The van der Waals surface area contributed by atoms with Crippen LogP contribution in [-0.4, -0.2) is 34.0 Å². The Balaban J connectivity index is 2.97. The number of hydrogen-bond acceptors (Lipinski definition) is 4. The molecule has 1 aromatic rings. The molecule has 15 heavy (non-hydrogen) atoms. The third-order valence-corrected chi connectivity index (χ3v) is 3.12. The Morgan fingerprint density at radius 3 is 2.53 bits per heavy atom. The van der Waals surface area contributed by atoms with E-state index in [1.165, 1.54) is 11.3 Å². The molecular formula is C10H16N2O2S. The van der Waals surface area contributed by atoms with Crippen LogP contribution in [-0.2, 0) is 4.79 Å². The molecule has 1 rings (SSSR count). The van der Waals surface area contributed by atoms with Crippen molar-refractivity contribution >= 4 is 17.3 Å². The maximum absolute atomic E-state index is 11.2. The lowest BCUT2D eigenvalue weighted by molar-refractivity contribution is -0.143. The molecular weight excluding hydrogens is 212 g/mol. The molecule has 0 aromatic carbocycles. The minimum Gasteiger partial charge on any atom is -0.480 e. The van der Waals surface area contributed by atoms with Crippen molar-refractivity contribution < 1.29 is 9.90 Å². The second kappa shape index (κ2) is 5.23. The minimum atomic E-state index is -0.830. The zero-order valence-electron chi connectivity index (χ0n) is 9.23. The molecule has 1 atom stereocenters. The van der Waals surface area contributed by atoms with Crippen LogP contribution in [0.3, 0.4) is 0 Å². The fraction of sp³-hybridized carbons (Fsp3) is 0.600. The highest BCUT2D eigenvalue weighted by Gasteiger charge is 2.27. The molecule has 4 nitrogen and oxygen atoms in total. The summed E-state index contributed by atoms with van der Waals surface area (Å²) in [5.41, 5.74) is 0.647. The molecule has 84 valence electrons. The van der Waals surface area contributed by atoms with Gasteiger partial charge in [0, 0.05) is 5.38 Å². The Morgan fingerprint density at radius 2 is 2.20 bits per heavy atom. The summed E-state index contributed by atoms with van der Waals surface area (Å²) >= 11 is 1.49. The SMILES string of the molecule is CCN(CC)C(C(=O)O)c1csc(C)n1. The van der Waals surface area contributed by atoms with Crippen LogP contribution in [0.5, 0.6) is 0 Å². The predicted octanol–water partition coefficient (Wildman–Crippen LogP) is 1.92. The van der Waals surface area contributed by atoms with E-state index < -0.39 is 12.0 Å². The summed E-state index contributed by atoms with van der Waals surface area (Å²) in [6, 6.07) is -0.607. The number of likely N-dealkylation sites (N-methyl/N-ethyl adjacent to an activating group) is 1. The van der Waals surface area contributed by atoms with Gasteiger partial charge in [-0.25, -0.2) is 4.98 Å². The summed E-state index contributed by atoms with van der Waals surface area (Å²) in [5, 5.41) is 11.9. The smallest absolute Gasteiger partial charge is 0.327 e. The molecule has 0 amide bonds. The fourth-order valence-electron chi connectivity index (χ4n) is 1.56. The standard InChI is InChI=1S/C10H16N2O2S/c1-4-12(5-2)9(10(13)14)8-6-15-7(3)11-8/h6,9H,4-5H2,1-3H3,(H,13,14). The number of nitrogens with zero attached hydrogens (tertiary/aromatic N) is 2. The third kappa shape index (κ3) is 2.76. The molecule has 1 aromatic heterocycles. The van der Waals surface area contributed by atoms with Gasteiger partial charge in [-0.05, 0) is 20.0 Å². The molecule has 1 unspecified atom stereocenters. The molecule has 0 bridgehead atoms. The number of rotatable bonds is 5. The first-order chi connectivity index (χ1) is 7.10. The summed E-state index contributed by atoms with van der Waals surface area (Å²) in [6.45, 7) is 7.22. The van der Waals surface area contributed by atoms with Crippen molar-refractivity contribution in [2.45, 2.75) is 26.8 Å². The topological polar surface area (TPSA) is 53.4 Å². The van der Waals surface area contributed by atoms with Gasteiger partial charge < -0.3 is 5.11 Å². The maximum Gasteiger partial charge on any atom is 0.327 e. The molecule has 0 aliphatic rings. The van der Waals surface area contributed by atoms with E-state index in [1.54, 1.807) is 0 Å². The van der Waals surface area contributed by atoms with Crippen LogP contribution in [0.4, 0.5) is 0 Å². The van der Waals surface area contributed by atoms with Crippen molar-refractivity contribution in [2.75, 3.05) is 13.1 Å². The molecule has 1 heterocycles. The van der Waals surface area contributed by atoms with Crippen LogP contribution in [0.25, 0.3) is 0 Å². The second-order valence-corrected chi connectivity index (χ2v) is 4.32. The van der Waals surface area contributed by atoms with Gasteiger partial charge in [-0.15, -0.1) is 11.3 Å². The van der Waals surface area contributed by atoms with Gasteiger partial charge in [-0.3, -0.25) is 9.69 Å². The van der Waals surface area contributed by atoms with Gasteiger partial charge in [0.1, 0.15) is 0 Å². The van der Waals surface area contributed by atoms with Gasteiger partial charge in [0.15, 0.2) is 6.04 Å². The number of aryl methyl sites for hydroxylation is 1. The Bertz CT molecular complexity index is 334. The summed E-state index contributed by atoms with van der Waals surface area (Å²) in [7, 11) is 0. The van der Waals surface area contributed by atoms with Crippen LogP contribution in [0.15, 0.2) is 5.38 Å². The molecule has 5 heteroatoms. The number of hydrogen-bond donors (Lipinski definition) is 1. The first-order valence-electron chi connectivity index (χ1n) is 4.99. The highest BCUT2D eigenvalue weighted by molar-refractivity contribution is 7.09. The summed E-state index contributed by atoms with van der Waals surface area (Å²) < 4.78 is 0. The van der Waals surface area contributed by atoms with Crippen molar-refractivity contribution in [2.24, 2.45) is 0 Å². The number of aliphatic carboxylic acids is 1. The van der Waals surface area contributed by atoms with Gasteiger partial charge in [-0.2, -0.15) is 0 Å². The van der Waals surface area contributed by atoms with Gasteiger partial charge in [0.25, 0.3) is 0 Å². The van der Waals surface area contributed by atoms with E-state index in [9.17, 15) is 9.90 Å². The highest BCUT2D eigenvalue weighted by atomic mass is 32.1. The quantitative estimate of drug-likeness (QED) is 0.836. The number of carboxylic acid groups (broad SMARTS) is 1. The fourth-order valence-corrected chi connectivity index (χ4v) is 2.20. The summed E-state index contributed by atoms with van der Waals surface area (Å²) in [5.74, 6) is -0.830. The normalized spacial score (nSPS) is 13.1. The van der Waals surface area contributed by atoms with Crippen LogP contribution >= 0.6 is 11.3 Å². The number of carbonyl (C=O) groups is 1. The lowest BCUT2D eigenvalue weighted by Crippen LogP contribution is -2.34. The van der Waals surface area contributed by atoms with Crippen molar-refractivity contribution in [1.82, 2.24) is 9.88 Å². The molecule has 0 radical (unpaired) electrons. The monoisotopic (exact) mass is 228 g/mol. The molecule has 0 saturated heterocycles. The third-order valence-electron chi connectivity index (χ3n) is 2.33. The largest absolute Gasteiger partial charge is 0.480 e. The molecule has 0 fully saturated rings. The lowest BCUT2D eigenvalue weighted by Gasteiger charge is -2.24. The Labute approximate surface area is 93.6 Å². The van der Waals surface area contributed by atoms with Crippen LogP contribution in [0.1, 0.15) is 30.6 Å². The Kier molecular flexibility index (Phi) is 4.23. The predicted molar refractivity (Wildman–Crippen MR) is 60.1 cm³/mol. The molecule has 1 N–H and O–H groups in total. The number of aromatic nitrogens is 1. The second-order valence-electron chi connectivity index (χ2n) is 3.25. The molecule has 0 aliphatic carbocycles. The van der Waals surface area contributed by atoms with Gasteiger partial charge in [-0.1, -0.05) is 13.8 Å². The van der Waals surface area contributed by atoms with E-state index in [4.69, 9.17) is 0 Å². The summed E-state index contributed by atoms with van der Waals surface area (Å²) in [4.78, 5) is 17.3. The van der Waals surface area contributed by atoms with Gasteiger partial charge in [0.2, 0.25) is 0 Å². The number of thiazole rings is 1. The average Bonchev–Trinajstić information content (AvgIpc) is 2.59. The maximum atomic E-state index is 11.2. The van der Waals surface area contributed by atoms with Crippen LogP contribution in [0, 0.1) is 6.92 Å². The van der Waals surface area contributed by atoms with E-state index in [0.29, 0.717) is 18.8 Å². The Hall–Kier alpha value is -0.940. The summed E-state index contributed by atoms with van der Waals surface area (Å²) in [6.07, 6.45) is 0. The van der Waals surface area contributed by atoms with Crippen LogP contribution < -0.4 is 0 Å². The van der Waals surface area contributed by atoms with Gasteiger partial charge in [0.05, 0.1) is 10.7 Å². The van der Waals surface area contributed by atoms with E-state index in [2.05, 4.69) is 4.98 Å². The zero-order valence-corrected chi connectivity index (χ0v) is 10.0. The zero-order chi connectivity index (χ0) is 11.4. The molecule has 0 spiro atoms. The van der Waals surface area contributed by atoms with Crippen molar-refractivity contribution in [1.29, 1.82) is 0 Å². The van der Waals surface area contributed by atoms with E-state index in [1.807, 2.05) is 31.1 Å². The van der Waals surface area contributed by atoms with E-state index in [0.717, 1.165) is 5.01 Å². The van der Waals surface area contributed by atoms with Crippen LogP contribution in [0.2, 0.25) is 0 Å². The molecule has 0 aliphatic heterocycles. The first kappa shape index (κ1) is 12.1. The van der Waals surface area contributed by atoms with Crippen molar-refractivity contribution in [3.8, 4) is 0 Å². The molecule has 0 saturated carbocycles. The highest BCUT2D eigenvalue weighted by Crippen LogP contribution is 2.22. The lowest BCUT2D eigenvalue weighted by atomic mass is 10.2. The Morgan fingerprint density at radius 1 is 1.60 bits per heavy atom. The van der Waals surface area contributed by atoms with Crippen molar-refractivity contribution in [3.05, 3.63) is 16.1 Å². The minimum absolute atomic E-state index is 0.607. The average molecular weight is 228 g/mol. The number of carboxylic acids is 1. The van der Waals surface area contributed by atoms with Gasteiger partial charge >= 0.3 is 5.97 Å². The van der Waals surface area contributed by atoms with E-state index in [-0.39, 0.29) is 0 Å².